The number of aryl methyl sites for hydroxylation is 1. The predicted octanol–water partition coefficient (Wildman–Crippen LogP) is 2.78. The van der Waals surface area contributed by atoms with Gasteiger partial charge in [0.1, 0.15) is 10.6 Å². The monoisotopic (exact) mass is 393 g/mol. The molecule has 28 heavy (non-hydrogen) atoms. The van der Waals surface area contributed by atoms with Crippen LogP contribution in [0.3, 0.4) is 0 Å². The first-order valence-electron chi connectivity index (χ1n) is 8.83. The first-order valence-corrected chi connectivity index (χ1v) is 10.3. The molecule has 8 heteroatoms. The molecule has 7 nitrogen and oxygen atoms in total. The molecule has 0 aliphatic heterocycles. The second-order valence-corrected chi connectivity index (χ2v) is 8.07. The van der Waals surface area contributed by atoms with E-state index in [1.165, 1.54) is 0 Å². The summed E-state index contributed by atoms with van der Waals surface area (Å²) in [4.78, 5) is 13.2. The summed E-state index contributed by atoms with van der Waals surface area (Å²) in [5, 5.41) is 0.792. The molecule has 0 bridgehead atoms. The zero-order valence-corrected chi connectivity index (χ0v) is 16.1. The van der Waals surface area contributed by atoms with Crippen LogP contribution in [0, 0.1) is 6.92 Å². The Hall–Kier alpha value is -3.10. The standard InChI is InChI=1S/C20H19N5O2S/c1-15-8-9-16-5-4-7-18(19(16)24-15)28(26,27)23-12-14-25-13-11-22-20(25)17-6-2-3-10-21-17/h2-11,13,23H,12,14H2,1H3. The highest BCUT2D eigenvalue weighted by Crippen LogP contribution is 2.21. The summed E-state index contributed by atoms with van der Waals surface area (Å²) < 4.78 is 30.2. The number of benzene rings is 1. The van der Waals surface area contributed by atoms with Crippen molar-refractivity contribution in [3.63, 3.8) is 0 Å². The largest absolute Gasteiger partial charge is 0.328 e. The van der Waals surface area contributed by atoms with Gasteiger partial charge in [-0.15, -0.1) is 0 Å². The van der Waals surface area contributed by atoms with E-state index < -0.39 is 10.0 Å². The van der Waals surface area contributed by atoms with Gasteiger partial charge in [0.25, 0.3) is 0 Å². The summed E-state index contributed by atoms with van der Waals surface area (Å²) in [5.74, 6) is 0.697. The summed E-state index contributed by atoms with van der Waals surface area (Å²) in [6, 6.07) is 14.5. The first-order chi connectivity index (χ1) is 13.5. The molecule has 0 radical (unpaired) electrons. The lowest BCUT2D eigenvalue weighted by atomic mass is 10.2. The van der Waals surface area contributed by atoms with Crippen LogP contribution in [-0.2, 0) is 16.6 Å². The molecule has 3 heterocycles. The van der Waals surface area contributed by atoms with Crippen molar-refractivity contribution in [2.75, 3.05) is 6.54 Å². The Morgan fingerprint density at radius 2 is 1.89 bits per heavy atom. The number of para-hydroxylation sites is 1. The van der Waals surface area contributed by atoms with Gasteiger partial charge in [0, 0.05) is 42.8 Å². The fourth-order valence-electron chi connectivity index (χ4n) is 3.03. The van der Waals surface area contributed by atoms with Gasteiger partial charge in [-0.1, -0.05) is 24.3 Å². The number of nitrogens with one attached hydrogen (secondary N) is 1. The molecular weight excluding hydrogens is 374 g/mol. The quantitative estimate of drug-likeness (QED) is 0.544. The third-order valence-corrected chi connectivity index (χ3v) is 5.86. The van der Waals surface area contributed by atoms with Crippen LogP contribution in [0.4, 0.5) is 0 Å². The van der Waals surface area contributed by atoms with Crippen molar-refractivity contribution >= 4 is 20.9 Å². The molecule has 0 unspecified atom stereocenters. The molecule has 0 aliphatic carbocycles. The fourth-order valence-corrected chi connectivity index (χ4v) is 4.22. The van der Waals surface area contributed by atoms with E-state index in [2.05, 4.69) is 19.7 Å². The van der Waals surface area contributed by atoms with Crippen LogP contribution in [0.2, 0.25) is 0 Å². The van der Waals surface area contributed by atoms with Crippen LogP contribution in [0.15, 0.2) is 72.0 Å². The molecule has 0 amide bonds. The summed E-state index contributed by atoms with van der Waals surface area (Å²) in [6.45, 7) is 2.50. The Kier molecular flexibility index (Phi) is 4.89. The second kappa shape index (κ2) is 7.49. The number of imidazole rings is 1. The molecule has 0 spiro atoms. The first kappa shape index (κ1) is 18.3. The van der Waals surface area contributed by atoms with Gasteiger partial charge < -0.3 is 4.57 Å². The molecule has 0 saturated heterocycles. The van der Waals surface area contributed by atoms with Crippen molar-refractivity contribution in [1.29, 1.82) is 0 Å². The molecule has 0 fully saturated rings. The summed E-state index contributed by atoms with van der Waals surface area (Å²) in [6.07, 6.45) is 5.18. The number of rotatable bonds is 6. The maximum absolute atomic E-state index is 12.9. The van der Waals surface area contributed by atoms with Gasteiger partial charge in [-0.3, -0.25) is 9.97 Å². The molecule has 4 aromatic rings. The SMILES string of the molecule is Cc1ccc2cccc(S(=O)(=O)NCCn3ccnc3-c3ccccn3)c2n1. The average Bonchev–Trinajstić information content (AvgIpc) is 3.16. The minimum Gasteiger partial charge on any atom is -0.328 e. The third kappa shape index (κ3) is 3.64. The molecular formula is C20H19N5O2S. The van der Waals surface area contributed by atoms with Crippen molar-refractivity contribution in [2.24, 2.45) is 0 Å². The van der Waals surface area contributed by atoms with Gasteiger partial charge in [0.05, 0.1) is 5.52 Å². The number of aromatic nitrogens is 4. The van der Waals surface area contributed by atoms with Gasteiger partial charge in [-0.05, 0) is 31.2 Å². The van der Waals surface area contributed by atoms with Crippen LogP contribution in [0.1, 0.15) is 5.69 Å². The maximum atomic E-state index is 12.9. The van der Waals surface area contributed by atoms with Crippen LogP contribution in [0.25, 0.3) is 22.4 Å². The molecule has 0 atom stereocenters. The number of pyridine rings is 2. The van der Waals surface area contributed by atoms with E-state index in [0.717, 1.165) is 16.8 Å². The van der Waals surface area contributed by atoms with Gasteiger partial charge in [0.2, 0.25) is 10.0 Å². The van der Waals surface area contributed by atoms with Gasteiger partial charge >= 0.3 is 0 Å². The van der Waals surface area contributed by atoms with E-state index in [1.807, 2.05) is 47.9 Å². The van der Waals surface area contributed by atoms with Crippen molar-refractivity contribution in [2.45, 2.75) is 18.4 Å². The molecule has 1 N–H and O–H groups in total. The summed E-state index contributed by atoms with van der Waals surface area (Å²) >= 11 is 0. The molecule has 4 rings (SSSR count). The zero-order valence-electron chi connectivity index (χ0n) is 15.3. The van der Waals surface area contributed by atoms with E-state index in [-0.39, 0.29) is 11.4 Å². The Bertz CT molecular complexity index is 1220. The highest BCUT2D eigenvalue weighted by molar-refractivity contribution is 7.89. The van der Waals surface area contributed by atoms with E-state index in [1.54, 1.807) is 30.7 Å². The number of sulfonamides is 1. The molecule has 3 aromatic heterocycles. The lowest BCUT2D eigenvalue weighted by Gasteiger charge is -2.11. The van der Waals surface area contributed by atoms with Crippen molar-refractivity contribution in [1.82, 2.24) is 24.2 Å². The van der Waals surface area contributed by atoms with Crippen molar-refractivity contribution in [3.05, 3.63) is 72.8 Å². The Balaban J connectivity index is 1.54. The fraction of sp³-hybridized carbons (Fsp3) is 0.150. The normalized spacial score (nSPS) is 11.8. The topological polar surface area (TPSA) is 89.8 Å². The van der Waals surface area contributed by atoms with Crippen LogP contribution in [-0.4, -0.2) is 34.5 Å². The van der Waals surface area contributed by atoms with Crippen LogP contribution >= 0.6 is 0 Å². The predicted molar refractivity (Wildman–Crippen MR) is 107 cm³/mol. The van der Waals surface area contributed by atoms with E-state index >= 15 is 0 Å². The maximum Gasteiger partial charge on any atom is 0.242 e. The number of hydrogen-bond acceptors (Lipinski definition) is 5. The minimum atomic E-state index is -3.70. The smallest absolute Gasteiger partial charge is 0.242 e. The minimum absolute atomic E-state index is 0.185. The highest BCUT2D eigenvalue weighted by Gasteiger charge is 2.18. The number of fused-ring (bicyclic) bond motifs is 1. The van der Waals surface area contributed by atoms with Crippen molar-refractivity contribution in [3.8, 4) is 11.5 Å². The highest BCUT2D eigenvalue weighted by atomic mass is 32.2. The summed E-state index contributed by atoms with van der Waals surface area (Å²) in [7, 11) is -3.70. The van der Waals surface area contributed by atoms with Gasteiger partial charge in [0.15, 0.2) is 5.82 Å². The molecule has 0 aliphatic rings. The van der Waals surface area contributed by atoms with E-state index in [9.17, 15) is 8.42 Å². The Labute approximate surface area is 163 Å². The zero-order chi connectivity index (χ0) is 19.6. The molecule has 142 valence electrons. The second-order valence-electron chi connectivity index (χ2n) is 6.34. The molecule has 1 aromatic carbocycles. The number of nitrogens with zero attached hydrogens (tertiary/aromatic N) is 4. The molecule has 0 saturated carbocycles. The summed E-state index contributed by atoms with van der Waals surface area (Å²) in [5.41, 5.74) is 1.99. The van der Waals surface area contributed by atoms with E-state index in [0.29, 0.717) is 17.9 Å². The lowest BCUT2D eigenvalue weighted by Crippen LogP contribution is -2.27. The Morgan fingerprint density at radius 3 is 2.71 bits per heavy atom. The number of hydrogen-bond donors (Lipinski definition) is 1. The van der Waals surface area contributed by atoms with E-state index in [4.69, 9.17) is 0 Å². The van der Waals surface area contributed by atoms with Gasteiger partial charge in [-0.25, -0.2) is 18.1 Å². The van der Waals surface area contributed by atoms with Crippen LogP contribution in [0.5, 0.6) is 0 Å². The van der Waals surface area contributed by atoms with Gasteiger partial charge in [-0.2, -0.15) is 0 Å². The Morgan fingerprint density at radius 1 is 1.00 bits per heavy atom. The van der Waals surface area contributed by atoms with Crippen LogP contribution < -0.4 is 4.72 Å². The third-order valence-electron chi connectivity index (χ3n) is 4.37. The van der Waals surface area contributed by atoms with Crippen molar-refractivity contribution < 1.29 is 8.42 Å². The average molecular weight is 393 g/mol. The lowest BCUT2D eigenvalue weighted by molar-refractivity contribution is 0.574.